The van der Waals surface area contributed by atoms with Gasteiger partial charge in [-0.1, -0.05) is 6.92 Å². The highest BCUT2D eigenvalue weighted by atomic mass is 35.5. The molecular formula is C9H16ClN5. The third kappa shape index (κ3) is 3.87. The van der Waals surface area contributed by atoms with Gasteiger partial charge in [0.2, 0.25) is 17.2 Å². The van der Waals surface area contributed by atoms with E-state index in [9.17, 15) is 0 Å². The van der Waals surface area contributed by atoms with Crippen molar-refractivity contribution in [3.8, 4) is 0 Å². The molecule has 0 bridgehead atoms. The summed E-state index contributed by atoms with van der Waals surface area (Å²) in [6, 6.07) is 0.0840. The van der Waals surface area contributed by atoms with E-state index < -0.39 is 13.3 Å². The molecule has 0 aliphatic rings. The highest BCUT2D eigenvalue weighted by Gasteiger charge is 2.06. The van der Waals surface area contributed by atoms with Gasteiger partial charge in [-0.2, -0.15) is 15.0 Å². The lowest BCUT2D eigenvalue weighted by Crippen LogP contribution is -2.17. The number of anilines is 2. The second-order valence-corrected chi connectivity index (χ2v) is 3.29. The molecule has 15 heavy (non-hydrogen) atoms. The van der Waals surface area contributed by atoms with Crippen molar-refractivity contribution in [1.29, 1.82) is 0 Å². The van der Waals surface area contributed by atoms with Crippen LogP contribution in [0.4, 0.5) is 11.9 Å². The van der Waals surface area contributed by atoms with Crippen LogP contribution in [0.25, 0.3) is 0 Å². The van der Waals surface area contributed by atoms with Crippen LogP contribution in [-0.4, -0.2) is 27.5 Å². The fourth-order valence-corrected chi connectivity index (χ4v) is 1.01. The number of hydrogen-bond donors (Lipinski definition) is 2. The van der Waals surface area contributed by atoms with Crippen molar-refractivity contribution in [2.45, 2.75) is 33.2 Å². The summed E-state index contributed by atoms with van der Waals surface area (Å²) < 4.78 is 36.3. The maximum Gasteiger partial charge on any atom is 0.229 e. The molecule has 1 aromatic rings. The van der Waals surface area contributed by atoms with Crippen LogP contribution in [-0.2, 0) is 0 Å². The van der Waals surface area contributed by atoms with Gasteiger partial charge in [-0.25, -0.2) is 0 Å². The Kier molecular flexibility index (Phi) is 2.46. The summed E-state index contributed by atoms with van der Waals surface area (Å²) in [7, 11) is 0. The van der Waals surface area contributed by atoms with Crippen molar-refractivity contribution in [3.05, 3.63) is 5.28 Å². The molecule has 0 saturated carbocycles. The maximum atomic E-state index is 7.46. The van der Waals surface area contributed by atoms with E-state index in [1.165, 1.54) is 0 Å². The van der Waals surface area contributed by atoms with Gasteiger partial charge in [0.15, 0.2) is 0 Å². The minimum atomic E-state index is -2.86. The zero-order valence-electron chi connectivity index (χ0n) is 13.5. The SMILES string of the molecule is [2H]C([2H])([2H])C([2H])([2H])Nc1nc(Cl)nc(NC(C)CC)n1. The molecule has 0 saturated heterocycles. The predicted octanol–water partition coefficient (Wildman–Crippen LogP) is 2.17. The monoisotopic (exact) mass is 234 g/mol. The van der Waals surface area contributed by atoms with Gasteiger partial charge in [0.05, 0.1) is 0 Å². The number of rotatable bonds is 5. The Hall–Kier alpha value is -1.10. The van der Waals surface area contributed by atoms with Crippen molar-refractivity contribution >= 4 is 23.5 Å². The van der Waals surface area contributed by atoms with Crippen LogP contribution in [0, 0.1) is 0 Å². The Morgan fingerprint density at radius 2 is 2.20 bits per heavy atom. The summed E-state index contributed by atoms with van der Waals surface area (Å²) in [5, 5.41) is 4.90. The standard InChI is InChI=1S/C9H16ClN5/c1-4-6(3)12-9-14-7(10)13-8(15-9)11-5-2/h6H,4-5H2,1-3H3,(H2,11,12,13,14,15)/i2D3,5D2. The summed E-state index contributed by atoms with van der Waals surface area (Å²) in [6.45, 7) is -1.67. The van der Waals surface area contributed by atoms with E-state index in [0.717, 1.165) is 6.42 Å². The van der Waals surface area contributed by atoms with Gasteiger partial charge < -0.3 is 10.6 Å². The van der Waals surface area contributed by atoms with Crippen LogP contribution in [0.2, 0.25) is 5.28 Å². The minimum Gasteiger partial charge on any atom is -0.354 e. The first-order chi connectivity index (χ1) is 9.05. The van der Waals surface area contributed by atoms with Crippen LogP contribution < -0.4 is 10.6 Å². The van der Waals surface area contributed by atoms with Gasteiger partial charge in [-0.15, -0.1) is 0 Å². The van der Waals surface area contributed by atoms with Crippen molar-refractivity contribution in [2.75, 3.05) is 17.1 Å². The molecule has 6 heteroatoms. The molecule has 84 valence electrons. The molecule has 0 spiro atoms. The van der Waals surface area contributed by atoms with Gasteiger partial charge in [0, 0.05) is 19.4 Å². The third-order valence-electron chi connectivity index (χ3n) is 1.77. The average molecular weight is 235 g/mol. The molecule has 1 heterocycles. The Bertz CT molecular complexity index is 467. The Labute approximate surface area is 102 Å². The van der Waals surface area contributed by atoms with E-state index >= 15 is 0 Å². The Morgan fingerprint density at radius 3 is 2.87 bits per heavy atom. The van der Waals surface area contributed by atoms with E-state index in [2.05, 4.69) is 25.6 Å². The molecule has 1 atom stereocenters. The molecule has 0 aliphatic heterocycles. The third-order valence-corrected chi connectivity index (χ3v) is 1.94. The molecular weight excluding hydrogens is 214 g/mol. The summed E-state index contributed by atoms with van der Waals surface area (Å²) in [5.74, 6) is -0.0832. The molecule has 0 aromatic carbocycles. The van der Waals surface area contributed by atoms with E-state index in [1.54, 1.807) is 0 Å². The van der Waals surface area contributed by atoms with E-state index in [-0.39, 0.29) is 23.2 Å². The highest BCUT2D eigenvalue weighted by molar-refractivity contribution is 6.28. The average Bonchev–Trinajstić information content (AvgIpc) is 2.25. The maximum absolute atomic E-state index is 7.46. The molecule has 5 nitrogen and oxygen atoms in total. The van der Waals surface area contributed by atoms with Gasteiger partial charge in [-0.3, -0.25) is 0 Å². The summed E-state index contributed by atoms with van der Waals surface area (Å²) in [4.78, 5) is 11.4. The Morgan fingerprint density at radius 1 is 1.47 bits per heavy atom. The molecule has 0 aliphatic carbocycles. The van der Waals surface area contributed by atoms with E-state index in [4.69, 9.17) is 18.5 Å². The Balaban J connectivity index is 2.97. The second kappa shape index (κ2) is 5.70. The zero-order valence-corrected chi connectivity index (χ0v) is 9.26. The van der Waals surface area contributed by atoms with E-state index in [1.807, 2.05) is 13.8 Å². The fraction of sp³-hybridized carbons (Fsp3) is 0.667. The first kappa shape index (κ1) is 6.48. The zero-order chi connectivity index (χ0) is 15.6. The lowest BCUT2D eigenvalue weighted by molar-refractivity contribution is 0.751. The number of nitrogens with zero attached hydrogens (tertiary/aromatic N) is 3. The molecule has 0 fully saturated rings. The molecule has 1 rings (SSSR count). The van der Waals surface area contributed by atoms with Crippen LogP contribution in [0.1, 0.15) is 34.0 Å². The van der Waals surface area contributed by atoms with Crippen LogP contribution in [0.5, 0.6) is 0 Å². The topological polar surface area (TPSA) is 62.7 Å². The van der Waals surface area contributed by atoms with Gasteiger partial charge in [0.25, 0.3) is 0 Å². The van der Waals surface area contributed by atoms with Crippen LogP contribution in [0.15, 0.2) is 0 Å². The van der Waals surface area contributed by atoms with Crippen molar-refractivity contribution in [2.24, 2.45) is 0 Å². The highest BCUT2D eigenvalue weighted by Crippen LogP contribution is 2.10. The lowest BCUT2D eigenvalue weighted by atomic mass is 10.3. The first-order valence-electron chi connectivity index (χ1n) is 7.01. The number of halogens is 1. The van der Waals surface area contributed by atoms with Crippen molar-refractivity contribution < 1.29 is 6.85 Å². The summed E-state index contributed by atoms with van der Waals surface area (Å²) in [6.07, 6.45) is 0.822. The van der Waals surface area contributed by atoms with Gasteiger partial charge >= 0.3 is 0 Å². The van der Waals surface area contributed by atoms with E-state index in [0.29, 0.717) is 0 Å². The molecule has 1 aromatic heterocycles. The van der Waals surface area contributed by atoms with Gasteiger partial charge in [0.1, 0.15) is 0 Å². The second-order valence-electron chi connectivity index (χ2n) is 2.96. The van der Waals surface area contributed by atoms with Crippen molar-refractivity contribution in [3.63, 3.8) is 0 Å². The number of aromatic nitrogens is 3. The van der Waals surface area contributed by atoms with Crippen LogP contribution >= 0.6 is 11.6 Å². The first-order valence-corrected chi connectivity index (χ1v) is 4.89. The number of hydrogen-bond acceptors (Lipinski definition) is 5. The van der Waals surface area contributed by atoms with Crippen LogP contribution in [0.3, 0.4) is 0 Å². The summed E-state index contributed by atoms with van der Waals surface area (Å²) in [5.41, 5.74) is 0. The molecule has 2 N–H and O–H groups in total. The molecule has 0 radical (unpaired) electrons. The fourth-order valence-electron chi connectivity index (χ4n) is 0.849. The van der Waals surface area contributed by atoms with Crippen molar-refractivity contribution in [1.82, 2.24) is 15.0 Å². The normalized spacial score (nSPS) is 19.0. The predicted molar refractivity (Wildman–Crippen MR) is 62.4 cm³/mol. The van der Waals surface area contributed by atoms with Gasteiger partial charge in [-0.05, 0) is 31.8 Å². The smallest absolute Gasteiger partial charge is 0.229 e. The summed E-state index contributed by atoms with van der Waals surface area (Å²) >= 11 is 5.71. The quantitative estimate of drug-likeness (QED) is 0.818. The largest absolute Gasteiger partial charge is 0.354 e. The lowest BCUT2D eigenvalue weighted by Gasteiger charge is -2.11. The minimum absolute atomic E-state index is 0.0840. The number of nitrogens with one attached hydrogen (secondary N) is 2. The molecule has 0 amide bonds. The molecule has 1 unspecified atom stereocenters.